The SMILES string of the molecule is Cc1ccc(NC(=O)c2cc3c(s2)CCC3)cc1S(=O)(=O)Nc1ccccc1Cl. The van der Waals surface area contributed by atoms with Crippen molar-refractivity contribution in [1.29, 1.82) is 0 Å². The fourth-order valence-corrected chi connectivity index (χ4v) is 6.08. The lowest BCUT2D eigenvalue weighted by atomic mass is 10.2. The molecular weight excluding hydrogens is 428 g/mol. The van der Waals surface area contributed by atoms with E-state index in [4.69, 9.17) is 11.6 Å². The van der Waals surface area contributed by atoms with Crippen molar-refractivity contribution in [1.82, 2.24) is 0 Å². The van der Waals surface area contributed by atoms with E-state index in [0.29, 0.717) is 26.8 Å². The van der Waals surface area contributed by atoms with Crippen molar-refractivity contribution >= 4 is 50.2 Å². The van der Waals surface area contributed by atoms with Crippen LogP contribution < -0.4 is 10.0 Å². The van der Waals surface area contributed by atoms with E-state index in [9.17, 15) is 13.2 Å². The Labute approximate surface area is 178 Å². The molecule has 150 valence electrons. The number of anilines is 2. The van der Waals surface area contributed by atoms with Gasteiger partial charge in [0.25, 0.3) is 15.9 Å². The molecule has 0 saturated carbocycles. The van der Waals surface area contributed by atoms with Gasteiger partial charge in [0, 0.05) is 10.6 Å². The molecule has 0 bridgehead atoms. The third kappa shape index (κ3) is 4.17. The predicted molar refractivity (Wildman–Crippen MR) is 118 cm³/mol. The summed E-state index contributed by atoms with van der Waals surface area (Å²) in [5, 5.41) is 3.12. The highest BCUT2D eigenvalue weighted by molar-refractivity contribution is 7.92. The summed E-state index contributed by atoms with van der Waals surface area (Å²) < 4.78 is 28.3. The zero-order valence-electron chi connectivity index (χ0n) is 15.7. The number of carbonyl (C=O) groups excluding carboxylic acids is 1. The van der Waals surface area contributed by atoms with Gasteiger partial charge in [0.15, 0.2) is 0 Å². The van der Waals surface area contributed by atoms with Crippen molar-refractivity contribution < 1.29 is 13.2 Å². The Hall–Kier alpha value is -2.35. The minimum atomic E-state index is -3.87. The van der Waals surface area contributed by atoms with Crippen LogP contribution in [0.25, 0.3) is 0 Å². The van der Waals surface area contributed by atoms with Crippen LogP contribution in [-0.4, -0.2) is 14.3 Å². The number of rotatable bonds is 5. The quantitative estimate of drug-likeness (QED) is 0.561. The first kappa shape index (κ1) is 19.9. The van der Waals surface area contributed by atoms with Crippen molar-refractivity contribution in [3.05, 3.63) is 74.4 Å². The standard InChI is InChI=1S/C21H19ClN2O3S2/c1-13-9-10-15(23-21(25)19-11-14-5-4-8-18(14)28-19)12-20(13)29(26,27)24-17-7-3-2-6-16(17)22/h2-3,6-7,9-12,24H,4-5,8H2,1H3,(H,23,25). The number of halogens is 1. The number of hydrogen-bond donors (Lipinski definition) is 2. The Balaban J connectivity index is 1.58. The Kier molecular flexibility index (Phi) is 5.38. The summed E-state index contributed by atoms with van der Waals surface area (Å²) in [5.41, 5.74) is 2.54. The number of sulfonamides is 1. The maximum absolute atomic E-state index is 12.9. The zero-order valence-corrected chi connectivity index (χ0v) is 18.0. The van der Waals surface area contributed by atoms with Crippen molar-refractivity contribution in [2.45, 2.75) is 31.1 Å². The first-order valence-electron chi connectivity index (χ1n) is 9.14. The molecule has 8 heteroatoms. The monoisotopic (exact) mass is 446 g/mol. The van der Waals surface area contributed by atoms with Gasteiger partial charge in [0.2, 0.25) is 0 Å². The van der Waals surface area contributed by atoms with Gasteiger partial charge in [-0.15, -0.1) is 11.3 Å². The molecular formula is C21H19ClN2O3S2. The molecule has 4 rings (SSSR count). The van der Waals surface area contributed by atoms with Crippen molar-refractivity contribution in [2.75, 3.05) is 10.0 Å². The highest BCUT2D eigenvalue weighted by Gasteiger charge is 2.21. The van der Waals surface area contributed by atoms with Crippen molar-refractivity contribution in [3.63, 3.8) is 0 Å². The molecule has 2 N–H and O–H groups in total. The van der Waals surface area contributed by atoms with Crippen molar-refractivity contribution in [3.8, 4) is 0 Å². The molecule has 0 unspecified atom stereocenters. The summed E-state index contributed by atoms with van der Waals surface area (Å²) in [7, 11) is -3.87. The van der Waals surface area contributed by atoms with Gasteiger partial charge in [-0.1, -0.05) is 29.8 Å². The lowest BCUT2D eigenvalue weighted by molar-refractivity contribution is 0.103. The van der Waals surface area contributed by atoms with Gasteiger partial charge in [0.1, 0.15) is 0 Å². The predicted octanol–water partition coefficient (Wildman–Crippen LogP) is 5.25. The number of amides is 1. The second-order valence-electron chi connectivity index (χ2n) is 6.93. The third-order valence-corrected chi connectivity index (χ3v) is 7.90. The number of para-hydroxylation sites is 1. The molecule has 3 aromatic rings. The zero-order chi connectivity index (χ0) is 20.6. The molecule has 0 spiro atoms. The van der Waals surface area contributed by atoms with E-state index >= 15 is 0 Å². The molecule has 0 fully saturated rings. The minimum Gasteiger partial charge on any atom is -0.321 e. The van der Waals surface area contributed by atoms with Gasteiger partial charge in [-0.25, -0.2) is 8.42 Å². The highest BCUT2D eigenvalue weighted by Crippen LogP contribution is 2.31. The Morgan fingerprint density at radius 3 is 2.66 bits per heavy atom. The van der Waals surface area contributed by atoms with Crippen LogP contribution in [0, 0.1) is 6.92 Å². The maximum Gasteiger partial charge on any atom is 0.265 e. The van der Waals surface area contributed by atoms with Gasteiger partial charge in [-0.05, 0) is 67.6 Å². The van der Waals surface area contributed by atoms with Gasteiger partial charge >= 0.3 is 0 Å². The Morgan fingerprint density at radius 1 is 1.10 bits per heavy atom. The van der Waals surface area contributed by atoms with E-state index in [0.717, 1.165) is 19.3 Å². The van der Waals surface area contributed by atoms with E-state index in [1.807, 2.05) is 6.07 Å². The van der Waals surface area contributed by atoms with Crippen LogP contribution in [0.4, 0.5) is 11.4 Å². The van der Waals surface area contributed by atoms with Crippen LogP contribution in [0.5, 0.6) is 0 Å². The fraction of sp³-hybridized carbons (Fsp3) is 0.190. The first-order chi connectivity index (χ1) is 13.8. The average Bonchev–Trinajstić information content (AvgIpc) is 3.27. The second kappa shape index (κ2) is 7.82. The summed E-state index contributed by atoms with van der Waals surface area (Å²) in [6, 6.07) is 13.4. The van der Waals surface area contributed by atoms with Gasteiger partial charge in [-0.3, -0.25) is 9.52 Å². The minimum absolute atomic E-state index is 0.0869. The number of thiophene rings is 1. The number of nitrogens with one attached hydrogen (secondary N) is 2. The van der Waals surface area contributed by atoms with E-state index in [1.165, 1.54) is 27.8 Å². The smallest absolute Gasteiger partial charge is 0.265 e. The van der Waals surface area contributed by atoms with Gasteiger partial charge in [0.05, 0.1) is 20.5 Å². The lowest BCUT2D eigenvalue weighted by Gasteiger charge is -2.13. The summed E-state index contributed by atoms with van der Waals surface area (Å²) in [6.07, 6.45) is 3.17. The average molecular weight is 447 g/mol. The molecule has 5 nitrogen and oxygen atoms in total. The largest absolute Gasteiger partial charge is 0.321 e. The van der Waals surface area contributed by atoms with E-state index < -0.39 is 10.0 Å². The molecule has 1 amide bonds. The molecule has 0 aliphatic heterocycles. The maximum atomic E-state index is 12.9. The topological polar surface area (TPSA) is 75.3 Å². The number of benzene rings is 2. The summed E-state index contributed by atoms with van der Waals surface area (Å²) in [6.45, 7) is 1.70. The highest BCUT2D eigenvalue weighted by atomic mass is 35.5. The Bertz CT molecular complexity index is 1180. The molecule has 1 heterocycles. The lowest BCUT2D eigenvalue weighted by Crippen LogP contribution is -2.16. The number of aryl methyl sites for hydroxylation is 3. The number of hydrogen-bond acceptors (Lipinski definition) is 4. The molecule has 0 atom stereocenters. The van der Waals surface area contributed by atoms with Crippen LogP contribution >= 0.6 is 22.9 Å². The normalized spacial score (nSPS) is 13.2. The molecule has 0 radical (unpaired) electrons. The molecule has 1 aromatic heterocycles. The van der Waals surface area contributed by atoms with Crippen LogP contribution in [0.1, 0.15) is 32.1 Å². The third-order valence-electron chi connectivity index (χ3n) is 4.82. The van der Waals surface area contributed by atoms with Crippen LogP contribution in [0.15, 0.2) is 53.4 Å². The van der Waals surface area contributed by atoms with Gasteiger partial charge in [-0.2, -0.15) is 0 Å². The van der Waals surface area contributed by atoms with Crippen LogP contribution in [0.2, 0.25) is 5.02 Å². The molecule has 1 aliphatic rings. The van der Waals surface area contributed by atoms with Gasteiger partial charge < -0.3 is 5.32 Å². The molecule has 29 heavy (non-hydrogen) atoms. The van der Waals surface area contributed by atoms with E-state index in [1.54, 1.807) is 43.3 Å². The summed E-state index contributed by atoms with van der Waals surface area (Å²) in [4.78, 5) is 14.6. The molecule has 2 aromatic carbocycles. The summed E-state index contributed by atoms with van der Waals surface area (Å²) >= 11 is 7.58. The second-order valence-corrected chi connectivity index (χ2v) is 10.1. The number of fused-ring (bicyclic) bond motifs is 1. The van der Waals surface area contributed by atoms with Crippen LogP contribution in [0.3, 0.4) is 0 Å². The van der Waals surface area contributed by atoms with E-state index in [2.05, 4.69) is 10.0 Å². The summed E-state index contributed by atoms with van der Waals surface area (Å²) in [5.74, 6) is -0.226. The number of carbonyl (C=O) groups is 1. The fourth-order valence-electron chi connectivity index (χ4n) is 3.34. The molecule has 1 aliphatic carbocycles. The van der Waals surface area contributed by atoms with E-state index in [-0.39, 0.29) is 10.8 Å². The van der Waals surface area contributed by atoms with Crippen molar-refractivity contribution in [2.24, 2.45) is 0 Å². The molecule has 0 saturated heterocycles. The Morgan fingerprint density at radius 2 is 1.90 bits per heavy atom. The first-order valence-corrected chi connectivity index (χ1v) is 11.8. The van der Waals surface area contributed by atoms with Crippen LogP contribution in [-0.2, 0) is 22.9 Å².